The van der Waals surface area contributed by atoms with Crippen LogP contribution in [0.15, 0.2) is 24.3 Å². The van der Waals surface area contributed by atoms with Gasteiger partial charge < -0.3 is 10.6 Å². The number of hydrogen-bond acceptors (Lipinski definition) is 2. The Kier molecular flexibility index (Phi) is 5.83. The van der Waals surface area contributed by atoms with Crippen LogP contribution in [0.4, 0.5) is 0 Å². The molecule has 2 N–H and O–H groups in total. The molecule has 1 aromatic rings. The van der Waals surface area contributed by atoms with Crippen LogP contribution in [0.25, 0.3) is 0 Å². The van der Waals surface area contributed by atoms with Crippen LogP contribution in [0.1, 0.15) is 37.8 Å². The SMILES string of the molecule is Cc1ccc(CN(C)CCCC(C)(C)CN)cc1. The van der Waals surface area contributed by atoms with Crippen LogP contribution in [-0.2, 0) is 6.54 Å². The van der Waals surface area contributed by atoms with Crippen molar-refractivity contribution in [1.29, 1.82) is 0 Å². The van der Waals surface area contributed by atoms with Crippen molar-refractivity contribution in [2.75, 3.05) is 20.1 Å². The number of hydrogen-bond donors (Lipinski definition) is 1. The molecule has 0 saturated heterocycles. The molecule has 1 aromatic carbocycles. The molecule has 0 bridgehead atoms. The van der Waals surface area contributed by atoms with E-state index in [1.807, 2.05) is 0 Å². The minimum Gasteiger partial charge on any atom is -0.330 e. The van der Waals surface area contributed by atoms with Gasteiger partial charge >= 0.3 is 0 Å². The molecule has 0 radical (unpaired) electrons. The van der Waals surface area contributed by atoms with Gasteiger partial charge in [-0.2, -0.15) is 0 Å². The topological polar surface area (TPSA) is 29.3 Å². The lowest BCUT2D eigenvalue weighted by Gasteiger charge is -2.24. The van der Waals surface area contributed by atoms with Gasteiger partial charge in [-0.1, -0.05) is 43.7 Å². The Morgan fingerprint density at radius 2 is 1.78 bits per heavy atom. The van der Waals surface area contributed by atoms with E-state index in [1.165, 1.54) is 24.0 Å². The number of rotatable bonds is 7. The van der Waals surface area contributed by atoms with Crippen molar-refractivity contribution < 1.29 is 0 Å². The van der Waals surface area contributed by atoms with Crippen molar-refractivity contribution in [3.63, 3.8) is 0 Å². The molecular weight excluding hydrogens is 220 g/mol. The minimum atomic E-state index is 0.282. The highest BCUT2D eigenvalue weighted by Gasteiger charge is 2.14. The van der Waals surface area contributed by atoms with E-state index in [0.717, 1.165) is 19.6 Å². The van der Waals surface area contributed by atoms with Crippen molar-refractivity contribution in [3.8, 4) is 0 Å². The molecule has 0 unspecified atom stereocenters. The summed E-state index contributed by atoms with van der Waals surface area (Å²) in [5.74, 6) is 0. The summed E-state index contributed by atoms with van der Waals surface area (Å²) in [5, 5.41) is 0. The summed E-state index contributed by atoms with van der Waals surface area (Å²) in [6.07, 6.45) is 2.41. The largest absolute Gasteiger partial charge is 0.330 e. The molecule has 0 aliphatic carbocycles. The Labute approximate surface area is 112 Å². The van der Waals surface area contributed by atoms with Crippen LogP contribution in [0.2, 0.25) is 0 Å². The second kappa shape index (κ2) is 6.91. The molecule has 0 atom stereocenters. The zero-order valence-electron chi connectivity index (χ0n) is 12.4. The molecule has 1 rings (SSSR count). The molecule has 0 saturated carbocycles. The van der Waals surface area contributed by atoms with Crippen molar-refractivity contribution in [1.82, 2.24) is 4.90 Å². The van der Waals surface area contributed by atoms with Crippen LogP contribution in [-0.4, -0.2) is 25.0 Å². The van der Waals surface area contributed by atoms with E-state index in [0.29, 0.717) is 0 Å². The maximum atomic E-state index is 5.75. The lowest BCUT2D eigenvalue weighted by atomic mass is 9.88. The van der Waals surface area contributed by atoms with E-state index in [4.69, 9.17) is 5.73 Å². The highest BCUT2D eigenvalue weighted by Crippen LogP contribution is 2.20. The third-order valence-electron chi connectivity index (χ3n) is 3.52. The van der Waals surface area contributed by atoms with Gasteiger partial charge in [0.25, 0.3) is 0 Å². The smallest absolute Gasteiger partial charge is 0.0230 e. The maximum absolute atomic E-state index is 5.75. The van der Waals surface area contributed by atoms with Crippen molar-refractivity contribution in [2.24, 2.45) is 11.1 Å². The average Bonchev–Trinajstić information content (AvgIpc) is 2.32. The molecule has 0 amide bonds. The van der Waals surface area contributed by atoms with E-state index in [9.17, 15) is 0 Å². The molecule has 0 aliphatic rings. The predicted octanol–water partition coefficient (Wildman–Crippen LogP) is 3.19. The van der Waals surface area contributed by atoms with Gasteiger partial charge in [-0.05, 0) is 50.9 Å². The van der Waals surface area contributed by atoms with E-state index < -0.39 is 0 Å². The van der Waals surface area contributed by atoms with Crippen LogP contribution in [0.3, 0.4) is 0 Å². The van der Waals surface area contributed by atoms with Crippen LogP contribution in [0.5, 0.6) is 0 Å². The van der Waals surface area contributed by atoms with Gasteiger partial charge in [0.15, 0.2) is 0 Å². The molecule has 0 heterocycles. The van der Waals surface area contributed by atoms with E-state index in [-0.39, 0.29) is 5.41 Å². The van der Waals surface area contributed by atoms with Gasteiger partial charge in [0.2, 0.25) is 0 Å². The van der Waals surface area contributed by atoms with Gasteiger partial charge in [0.1, 0.15) is 0 Å². The first-order chi connectivity index (χ1) is 8.43. The summed E-state index contributed by atoms with van der Waals surface area (Å²) >= 11 is 0. The molecule has 102 valence electrons. The zero-order chi connectivity index (χ0) is 13.6. The number of aryl methyl sites for hydroxylation is 1. The summed E-state index contributed by atoms with van der Waals surface area (Å²) in [5.41, 5.74) is 8.74. The molecular formula is C16H28N2. The lowest BCUT2D eigenvalue weighted by molar-refractivity contribution is 0.273. The van der Waals surface area contributed by atoms with E-state index in [2.05, 4.69) is 57.0 Å². The second-order valence-electron chi connectivity index (χ2n) is 6.20. The Morgan fingerprint density at radius 3 is 2.33 bits per heavy atom. The summed E-state index contributed by atoms with van der Waals surface area (Å²) in [4.78, 5) is 2.39. The summed E-state index contributed by atoms with van der Waals surface area (Å²) in [7, 11) is 2.19. The van der Waals surface area contributed by atoms with Crippen LogP contribution in [0, 0.1) is 12.3 Å². The van der Waals surface area contributed by atoms with E-state index in [1.54, 1.807) is 0 Å². The van der Waals surface area contributed by atoms with Crippen molar-refractivity contribution >= 4 is 0 Å². The summed E-state index contributed by atoms with van der Waals surface area (Å²) in [6.45, 7) is 9.55. The fourth-order valence-corrected chi connectivity index (χ4v) is 2.01. The van der Waals surface area contributed by atoms with Crippen LogP contribution >= 0.6 is 0 Å². The Balaban J connectivity index is 2.29. The predicted molar refractivity (Wildman–Crippen MR) is 79.6 cm³/mol. The third-order valence-corrected chi connectivity index (χ3v) is 3.52. The first-order valence-electron chi connectivity index (χ1n) is 6.87. The standard InChI is InChI=1S/C16H28N2/c1-14-6-8-15(9-7-14)12-18(4)11-5-10-16(2,3)13-17/h6-9H,5,10-13,17H2,1-4H3. The normalized spacial score (nSPS) is 12.1. The Hall–Kier alpha value is -0.860. The molecule has 2 nitrogen and oxygen atoms in total. The molecule has 0 spiro atoms. The van der Waals surface area contributed by atoms with E-state index >= 15 is 0 Å². The molecule has 0 aliphatic heterocycles. The zero-order valence-corrected chi connectivity index (χ0v) is 12.4. The van der Waals surface area contributed by atoms with Gasteiger partial charge in [-0.25, -0.2) is 0 Å². The van der Waals surface area contributed by atoms with Crippen molar-refractivity contribution in [2.45, 2.75) is 40.2 Å². The first-order valence-corrected chi connectivity index (χ1v) is 6.87. The van der Waals surface area contributed by atoms with Crippen LogP contribution < -0.4 is 5.73 Å². The molecule has 2 heteroatoms. The van der Waals surface area contributed by atoms with Gasteiger partial charge in [0, 0.05) is 6.54 Å². The highest BCUT2D eigenvalue weighted by molar-refractivity contribution is 5.21. The van der Waals surface area contributed by atoms with Gasteiger partial charge in [-0.3, -0.25) is 0 Å². The van der Waals surface area contributed by atoms with Gasteiger partial charge in [-0.15, -0.1) is 0 Å². The summed E-state index contributed by atoms with van der Waals surface area (Å²) in [6, 6.07) is 8.80. The number of benzene rings is 1. The fourth-order valence-electron chi connectivity index (χ4n) is 2.01. The average molecular weight is 248 g/mol. The third kappa shape index (κ3) is 5.65. The van der Waals surface area contributed by atoms with Crippen molar-refractivity contribution in [3.05, 3.63) is 35.4 Å². The first kappa shape index (κ1) is 15.2. The van der Waals surface area contributed by atoms with Gasteiger partial charge in [0.05, 0.1) is 0 Å². The maximum Gasteiger partial charge on any atom is 0.0230 e. The Bertz CT molecular complexity index is 341. The fraction of sp³-hybridized carbons (Fsp3) is 0.625. The number of nitrogens with two attached hydrogens (primary N) is 1. The summed E-state index contributed by atoms with van der Waals surface area (Å²) < 4.78 is 0. The monoisotopic (exact) mass is 248 g/mol. The second-order valence-corrected chi connectivity index (χ2v) is 6.20. The lowest BCUT2D eigenvalue weighted by Crippen LogP contribution is -2.26. The number of nitrogens with zero attached hydrogens (tertiary/aromatic N) is 1. The quantitative estimate of drug-likeness (QED) is 0.803. The molecule has 18 heavy (non-hydrogen) atoms. The highest BCUT2D eigenvalue weighted by atomic mass is 15.1. The Morgan fingerprint density at radius 1 is 1.17 bits per heavy atom. The minimum absolute atomic E-state index is 0.282. The molecule has 0 aromatic heterocycles. The molecule has 0 fully saturated rings.